The first-order valence-corrected chi connectivity index (χ1v) is 8.30. The normalized spacial score (nSPS) is 12.5. The van der Waals surface area contributed by atoms with Gasteiger partial charge in [0.1, 0.15) is 0 Å². The SMILES string of the molecule is CCNC(=NCCN(C(C)C)C(C)C)NCCn1cccn1. The molecule has 0 aromatic carbocycles. The zero-order valence-corrected chi connectivity index (χ0v) is 14.7. The summed E-state index contributed by atoms with van der Waals surface area (Å²) in [4.78, 5) is 7.12. The minimum atomic E-state index is 0.547. The second-order valence-electron chi connectivity index (χ2n) is 5.88. The maximum atomic E-state index is 4.66. The molecule has 0 saturated carbocycles. The molecule has 1 aromatic heterocycles. The first-order chi connectivity index (χ1) is 10.5. The monoisotopic (exact) mass is 308 g/mol. The van der Waals surface area contributed by atoms with Crippen LogP contribution in [0.25, 0.3) is 0 Å². The molecule has 0 aliphatic rings. The summed E-state index contributed by atoms with van der Waals surface area (Å²) in [5.74, 6) is 0.877. The molecule has 0 saturated heterocycles. The van der Waals surface area contributed by atoms with Crippen molar-refractivity contribution >= 4 is 5.96 Å². The highest BCUT2D eigenvalue weighted by Crippen LogP contribution is 2.03. The molecular formula is C16H32N6. The molecule has 2 N–H and O–H groups in total. The van der Waals surface area contributed by atoms with E-state index in [9.17, 15) is 0 Å². The smallest absolute Gasteiger partial charge is 0.191 e. The summed E-state index contributed by atoms with van der Waals surface area (Å²) >= 11 is 0. The molecule has 126 valence electrons. The predicted octanol–water partition coefficient (Wildman–Crippen LogP) is 1.56. The van der Waals surface area contributed by atoms with Gasteiger partial charge in [0.15, 0.2) is 5.96 Å². The molecule has 0 aliphatic carbocycles. The molecule has 0 spiro atoms. The van der Waals surface area contributed by atoms with Crippen molar-refractivity contribution in [1.29, 1.82) is 0 Å². The number of aliphatic imine (C=N–C) groups is 1. The lowest BCUT2D eigenvalue weighted by Gasteiger charge is -2.29. The quantitative estimate of drug-likeness (QED) is 0.537. The van der Waals surface area contributed by atoms with Gasteiger partial charge in [-0.15, -0.1) is 0 Å². The van der Waals surface area contributed by atoms with Crippen molar-refractivity contribution in [2.45, 2.75) is 53.2 Å². The van der Waals surface area contributed by atoms with Crippen molar-refractivity contribution in [1.82, 2.24) is 25.3 Å². The molecule has 1 rings (SSSR count). The van der Waals surface area contributed by atoms with Crippen LogP contribution in [0.1, 0.15) is 34.6 Å². The van der Waals surface area contributed by atoms with Gasteiger partial charge in [-0.2, -0.15) is 5.10 Å². The van der Waals surface area contributed by atoms with Crippen molar-refractivity contribution in [2.24, 2.45) is 4.99 Å². The second kappa shape index (κ2) is 10.2. The third-order valence-corrected chi connectivity index (χ3v) is 3.49. The number of guanidine groups is 1. The highest BCUT2D eigenvalue weighted by atomic mass is 15.3. The Hall–Kier alpha value is -1.56. The Morgan fingerprint density at radius 2 is 1.95 bits per heavy atom. The van der Waals surface area contributed by atoms with E-state index in [0.29, 0.717) is 12.1 Å². The average Bonchev–Trinajstić information content (AvgIpc) is 2.95. The van der Waals surface area contributed by atoms with Crippen molar-refractivity contribution in [3.63, 3.8) is 0 Å². The molecule has 0 unspecified atom stereocenters. The van der Waals surface area contributed by atoms with Crippen LogP contribution in [0.4, 0.5) is 0 Å². The first-order valence-electron chi connectivity index (χ1n) is 8.30. The zero-order chi connectivity index (χ0) is 16.4. The van der Waals surface area contributed by atoms with Crippen molar-refractivity contribution in [2.75, 3.05) is 26.2 Å². The Balaban J connectivity index is 2.40. The largest absolute Gasteiger partial charge is 0.357 e. The fourth-order valence-corrected chi connectivity index (χ4v) is 2.45. The third kappa shape index (κ3) is 6.93. The van der Waals surface area contributed by atoms with Crippen LogP contribution in [-0.4, -0.2) is 58.9 Å². The van der Waals surface area contributed by atoms with E-state index >= 15 is 0 Å². The highest BCUT2D eigenvalue weighted by molar-refractivity contribution is 5.79. The Bertz CT molecular complexity index is 402. The lowest BCUT2D eigenvalue weighted by atomic mass is 10.2. The summed E-state index contributed by atoms with van der Waals surface area (Å²) < 4.78 is 1.91. The molecule has 22 heavy (non-hydrogen) atoms. The van der Waals surface area contributed by atoms with E-state index in [4.69, 9.17) is 0 Å². The molecule has 1 heterocycles. The summed E-state index contributed by atoms with van der Waals surface area (Å²) in [7, 11) is 0. The van der Waals surface area contributed by atoms with Crippen molar-refractivity contribution in [3.05, 3.63) is 18.5 Å². The fraction of sp³-hybridized carbons (Fsp3) is 0.750. The molecule has 0 radical (unpaired) electrons. The fourth-order valence-electron chi connectivity index (χ4n) is 2.45. The lowest BCUT2D eigenvalue weighted by Crippen LogP contribution is -2.41. The van der Waals surface area contributed by atoms with E-state index in [1.54, 1.807) is 6.20 Å². The number of nitrogens with zero attached hydrogens (tertiary/aromatic N) is 4. The van der Waals surface area contributed by atoms with Crippen LogP contribution in [0.3, 0.4) is 0 Å². The van der Waals surface area contributed by atoms with Crippen LogP contribution >= 0.6 is 0 Å². The van der Waals surface area contributed by atoms with Gasteiger partial charge in [-0.3, -0.25) is 14.6 Å². The number of hydrogen-bond acceptors (Lipinski definition) is 3. The summed E-state index contributed by atoms with van der Waals surface area (Å²) in [6, 6.07) is 3.03. The molecule has 0 aliphatic heterocycles. The summed E-state index contributed by atoms with van der Waals surface area (Å²) in [6.45, 7) is 15.3. The minimum absolute atomic E-state index is 0.547. The Labute approximate surface area is 135 Å². The van der Waals surface area contributed by atoms with E-state index < -0.39 is 0 Å². The van der Waals surface area contributed by atoms with Crippen molar-refractivity contribution in [3.8, 4) is 0 Å². The van der Waals surface area contributed by atoms with E-state index in [1.165, 1.54) is 0 Å². The summed E-state index contributed by atoms with van der Waals surface area (Å²) in [5, 5.41) is 10.8. The molecule has 6 heteroatoms. The van der Waals surface area contributed by atoms with Gasteiger partial charge >= 0.3 is 0 Å². The molecule has 0 amide bonds. The van der Waals surface area contributed by atoms with Crippen LogP contribution in [0, 0.1) is 0 Å². The second-order valence-corrected chi connectivity index (χ2v) is 5.88. The first kappa shape index (κ1) is 18.5. The van der Waals surface area contributed by atoms with E-state index in [1.807, 2.05) is 16.9 Å². The van der Waals surface area contributed by atoms with Gasteiger partial charge in [-0.1, -0.05) is 0 Å². The molecule has 1 aromatic rings. The maximum Gasteiger partial charge on any atom is 0.191 e. The van der Waals surface area contributed by atoms with Gasteiger partial charge in [0.05, 0.1) is 13.1 Å². The zero-order valence-electron chi connectivity index (χ0n) is 14.7. The lowest BCUT2D eigenvalue weighted by molar-refractivity contribution is 0.181. The van der Waals surface area contributed by atoms with Crippen molar-refractivity contribution < 1.29 is 0 Å². The van der Waals surface area contributed by atoms with Gasteiger partial charge in [-0.05, 0) is 40.7 Å². The van der Waals surface area contributed by atoms with E-state index in [0.717, 1.165) is 38.7 Å². The molecular weight excluding hydrogens is 276 g/mol. The molecule has 0 atom stereocenters. The van der Waals surface area contributed by atoms with Crippen LogP contribution < -0.4 is 10.6 Å². The topological polar surface area (TPSA) is 57.5 Å². The van der Waals surface area contributed by atoms with Gasteiger partial charge < -0.3 is 10.6 Å². The number of hydrogen-bond donors (Lipinski definition) is 2. The van der Waals surface area contributed by atoms with E-state index in [2.05, 4.69) is 60.2 Å². The Morgan fingerprint density at radius 3 is 2.50 bits per heavy atom. The Morgan fingerprint density at radius 1 is 1.23 bits per heavy atom. The number of aromatic nitrogens is 2. The highest BCUT2D eigenvalue weighted by Gasteiger charge is 2.12. The van der Waals surface area contributed by atoms with Gasteiger partial charge in [-0.25, -0.2) is 0 Å². The molecule has 6 nitrogen and oxygen atoms in total. The van der Waals surface area contributed by atoms with Gasteiger partial charge in [0, 0.05) is 44.1 Å². The average molecular weight is 308 g/mol. The maximum absolute atomic E-state index is 4.66. The van der Waals surface area contributed by atoms with Gasteiger partial charge in [0.25, 0.3) is 0 Å². The van der Waals surface area contributed by atoms with Crippen LogP contribution in [0.2, 0.25) is 0 Å². The van der Waals surface area contributed by atoms with E-state index in [-0.39, 0.29) is 0 Å². The predicted molar refractivity (Wildman–Crippen MR) is 93.2 cm³/mol. The van der Waals surface area contributed by atoms with Crippen LogP contribution in [0.5, 0.6) is 0 Å². The molecule has 0 bridgehead atoms. The number of rotatable bonds is 9. The number of nitrogens with one attached hydrogen (secondary N) is 2. The van der Waals surface area contributed by atoms with Crippen LogP contribution in [-0.2, 0) is 6.54 Å². The Kier molecular flexibility index (Phi) is 8.58. The van der Waals surface area contributed by atoms with Crippen LogP contribution in [0.15, 0.2) is 23.5 Å². The molecule has 0 fully saturated rings. The summed E-state index contributed by atoms with van der Waals surface area (Å²) in [6.07, 6.45) is 3.76. The standard InChI is InChI=1S/C16H32N6/c1-6-17-16(18-9-12-21-11-7-8-20-21)19-10-13-22(14(2)3)15(4)5/h7-8,11,14-15H,6,9-10,12-13H2,1-5H3,(H2,17,18,19). The summed E-state index contributed by atoms with van der Waals surface area (Å²) in [5.41, 5.74) is 0. The van der Waals surface area contributed by atoms with Gasteiger partial charge in [0.2, 0.25) is 0 Å². The third-order valence-electron chi connectivity index (χ3n) is 3.49. The minimum Gasteiger partial charge on any atom is -0.357 e.